The Kier molecular flexibility index (Phi) is 5.83. The maximum atomic E-state index is 12.3. The van der Waals surface area contributed by atoms with E-state index in [0.29, 0.717) is 32.5 Å². The van der Waals surface area contributed by atoms with Crippen molar-refractivity contribution in [3.05, 3.63) is 35.9 Å². The largest absolute Gasteiger partial charge is 0.385 e. The second-order valence-electron chi connectivity index (χ2n) is 6.41. The average Bonchev–Trinajstić information content (AvgIpc) is 2.61. The van der Waals surface area contributed by atoms with Gasteiger partial charge < -0.3 is 20.2 Å². The number of nitrogens with zero attached hydrogens (tertiary/aromatic N) is 2. The van der Waals surface area contributed by atoms with Crippen molar-refractivity contribution >= 4 is 11.9 Å². The summed E-state index contributed by atoms with van der Waals surface area (Å²) in [6.07, 6.45) is 0.975. The normalized spacial score (nSPS) is 17.9. The highest BCUT2D eigenvalue weighted by molar-refractivity contribution is 5.86. The summed E-state index contributed by atoms with van der Waals surface area (Å²) in [5.41, 5.74) is 0.000199. The summed E-state index contributed by atoms with van der Waals surface area (Å²) < 4.78 is 0. The molecule has 1 unspecified atom stereocenters. The van der Waals surface area contributed by atoms with Crippen molar-refractivity contribution in [2.24, 2.45) is 0 Å². The number of rotatable bonds is 4. The molecule has 1 aromatic rings. The number of carbonyl (C=O) groups is 2. The summed E-state index contributed by atoms with van der Waals surface area (Å²) >= 11 is 0. The SMILES string of the molecule is CCN(C)C(=O)C(C)NC(=O)N1CCC(O)(c2ccccc2)CC1. The predicted molar refractivity (Wildman–Crippen MR) is 92.5 cm³/mol. The number of piperidine rings is 1. The maximum Gasteiger partial charge on any atom is 0.318 e. The van der Waals surface area contributed by atoms with Crippen molar-refractivity contribution in [1.82, 2.24) is 15.1 Å². The molecule has 0 spiro atoms. The van der Waals surface area contributed by atoms with Crippen LogP contribution in [0.2, 0.25) is 0 Å². The summed E-state index contributed by atoms with van der Waals surface area (Å²) in [6.45, 7) is 5.11. The molecule has 0 saturated carbocycles. The molecule has 1 aromatic carbocycles. The van der Waals surface area contributed by atoms with Gasteiger partial charge in [0, 0.05) is 26.7 Å². The lowest BCUT2D eigenvalue weighted by Crippen LogP contribution is -2.53. The van der Waals surface area contributed by atoms with Crippen molar-refractivity contribution in [2.75, 3.05) is 26.7 Å². The van der Waals surface area contributed by atoms with Gasteiger partial charge in [0.2, 0.25) is 5.91 Å². The number of carbonyl (C=O) groups excluding carboxylic acids is 2. The van der Waals surface area contributed by atoms with Crippen LogP contribution in [0.1, 0.15) is 32.3 Å². The molecule has 2 N–H and O–H groups in total. The average molecular weight is 333 g/mol. The molecule has 0 bridgehead atoms. The van der Waals surface area contributed by atoms with Crippen molar-refractivity contribution in [3.63, 3.8) is 0 Å². The van der Waals surface area contributed by atoms with Crippen LogP contribution in [-0.2, 0) is 10.4 Å². The lowest BCUT2D eigenvalue weighted by Gasteiger charge is -2.38. The zero-order chi connectivity index (χ0) is 17.7. The highest BCUT2D eigenvalue weighted by atomic mass is 16.3. The third kappa shape index (κ3) is 4.06. The summed E-state index contributed by atoms with van der Waals surface area (Å²) in [7, 11) is 1.71. The Morgan fingerprint density at radius 3 is 2.42 bits per heavy atom. The summed E-state index contributed by atoms with van der Waals surface area (Å²) in [5, 5.41) is 13.5. The van der Waals surface area contributed by atoms with Crippen LogP contribution in [0.25, 0.3) is 0 Å². The van der Waals surface area contributed by atoms with Gasteiger partial charge in [-0.1, -0.05) is 30.3 Å². The van der Waals surface area contributed by atoms with Crippen LogP contribution in [0.3, 0.4) is 0 Å². The number of likely N-dealkylation sites (tertiary alicyclic amines) is 1. The van der Waals surface area contributed by atoms with Gasteiger partial charge in [-0.3, -0.25) is 4.79 Å². The number of hydrogen-bond donors (Lipinski definition) is 2. The minimum absolute atomic E-state index is 0.108. The minimum atomic E-state index is -0.887. The molecule has 3 amide bonds. The first-order valence-corrected chi connectivity index (χ1v) is 8.45. The second-order valence-corrected chi connectivity index (χ2v) is 6.41. The van der Waals surface area contributed by atoms with Gasteiger partial charge in [-0.15, -0.1) is 0 Å². The Morgan fingerprint density at radius 2 is 1.88 bits per heavy atom. The van der Waals surface area contributed by atoms with E-state index in [1.54, 1.807) is 23.8 Å². The van der Waals surface area contributed by atoms with Crippen LogP contribution in [0, 0.1) is 0 Å². The molecule has 2 rings (SSSR count). The van der Waals surface area contributed by atoms with Gasteiger partial charge in [0.15, 0.2) is 0 Å². The van der Waals surface area contributed by atoms with E-state index in [9.17, 15) is 14.7 Å². The third-order valence-corrected chi connectivity index (χ3v) is 4.75. The van der Waals surface area contributed by atoms with E-state index in [1.807, 2.05) is 37.3 Å². The Bertz CT molecular complexity index is 568. The van der Waals surface area contributed by atoms with Gasteiger partial charge in [-0.05, 0) is 32.3 Å². The first-order valence-electron chi connectivity index (χ1n) is 8.45. The fourth-order valence-corrected chi connectivity index (χ4v) is 2.94. The zero-order valence-electron chi connectivity index (χ0n) is 14.7. The molecule has 1 aliphatic heterocycles. The molecular formula is C18H27N3O3. The molecule has 0 radical (unpaired) electrons. The predicted octanol–water partition coefficient (Wildman–Crippen LogP) is 1.55. The minimum Gasteiger partial charge on any atom is -0.385 e. The van der Waals surface area contributed by atoms with Crippen LogP contribution in [0.4, 0.5) is 4.79 Å². The molecule has 1 heterocycles. The Labute approximate surface area is 143 Å². The molecular weight excluding hydrogens is 306 g/mol. The smallest absolute Gasteiger partial charge is 0.318 e. The highest BCUT2D eigenvalue weighted by Crippen LogP contribution is 2.32. The molecule has 1 atom stereocenters. The second kappa shape index (κ2) is 7.66. The number of urea groups is 1. The lowest BCUT2D eigenvalue weighted by atomic mass is 9.84. The molecule has 6 heteroatoms. The fourth-order valence-electron chi connectivity index (χ4n) is 2.94. The monoisotopic (exact) mass is 333 g/mol. The number of amides is 3. The van der Waals surface area contributed by atoms with Crippen molar-refractivity contribution in [3.8, 4) is 0 Å². The van der Waals surface area contributed by atoms with Crippen LogP contribution < -0.4 is 5.32 Å². The van der Waals surface area contributed by atoms with Crippen LogP contribution in [-0.4, -0.2) is 59.6 Å². The quantitative estimate of drug-likeness (QED) is 0.878. The molecule has 1 fully saturated rings. The van der Waals surface area contributed by atoms with Crippen molar-refractivity contribution in [2.45, 2.75) is 38.3 Å². The molecule has 0 aromatic heterocycles. The van der Waals surface area contributed by atoms with E-state index in [4.69, 9.17) is 0 Å². The highest BCUT2D eigenvalue weighted by Gasteiger charge is 2.35. The molecule has 6 nitrogen and oxygen atoms in total. The molecule has 132 valence electrons. The zero-order valence-corrected chi connectivity index (χ0v) is 14.7. The lowest BCUT2D eigenvalue weighted by molar-refractivity contribution is -0.131. The number of likely N-dealkylation sites (N-methyl/N-ethyl adjacent to an activating group) is 1. The van der Waals surface area contributed by atoms with Gasteiger partial charge in [-0.25, -0.2) is 4.79 Å². The van der Waals surface area contributed by atoms with E-state index in [1.165, 1.54) is 0 Å². The standard InChI is InChI=1S/C18H27N3O3/c1-4-20(3)16(22)14(2)19-17(23)21-12-10-18(24,11-13-21)15-8-6-5-7-9-15/h5-9,14,24H,4,10-13H2,1-3H3,(H,19,23). The van der Waals surface area contributed by atoms with E-state index in [2.05, 4.69) is 5.32 Å². The van der Waals surface area contributed by atoms with Gasteiger partial charge in [0.25, 0.3) is 0 Å². The van der Waals surface area contributed by atoms with E-state index < -0.39 is 11.6 Å². The number of nitrogens with one attached hydrogen (secondary N) is 1. The third-order valence-electron chi connectivity index (χ3n) is 4.75. The fraction of sp³-hybridized carbons (Fsp3) is 0.556. The van der Waals surface area contributed by atoms with E-state index >= 15 is 0 Å². The summed E-state index contributed by atoms with van der Waals surface area (Å²) in [5.74, 6) is -0.108. The Balaban J connectivity index is 1.90. The Morgan fingerprint density at radius 1 is 1.29 bits per heavy atom. The van der Waals surface area contributed by atoms with Gasteiger partial charge in [-0.2, -0.15) is 0 Å². The van der Waals surface area contributed by atoms with Gasteiger partial charge in [0.1, 0.15) is 6.04 Å². The van der Waals surface area contributed by atoms with Crippen molar-refractivity contribution in [1.29, 1.82) is 0 Å². The summed E-state index contributed by atoms with van der Waals surface area (Å²) in [6, 6.07) is 8.75. The molecule has 1 saturated heterocycles. The number of hydrogen-bond acceptors (Lipinski definition) is 3. The molecule has 24 heavy (non-hydrogen) atoms. The van der Waals surface area contributed by atoms with Crippen LogP contribution in [0.15, 0.2) is 30.3 Å². The van der Waals surface area contributed by atoms with Crippen LogP contribution in [0.5, 0.6) is 0 Å². The van der Waals surface area contributed by atoms with Crippen LogP contribution >= 0.6 is 0 Å². The van der Waals surface area contributed by atoms with Gasteiger partial charge in [0.05, 0.1) is 5.60 Å². The molecule has 1 aliphatic rings. The summed E-state index contributed by atoms with van der Waals surface area (Å²) in [4.78, 5) is 27.6. The first-order chi connectivity index (χ1) is 11.4. The number of benzene rings is 1. The van der Waals surface area contributed by atoms with Gasteiger partial charge >= 0.3 is 6.03 Å². The topological polar surface area (TPSA) is 72.9 Å². The van der Waals surface area contributed by atoms with Crippen molar-refractivity contribution < 1.29 is 14.7 Å². The molecule has 0 aliphatic carbocycles. The van der Waals surface area contributed by atoms with E-state index in [0.717, 1.165) is 5.56 Å². The number of aliphatic hydroxyl groups is 1. The first kappa shape index (κ1) is 18.3. The van der Waals surface area contributed by atoms with E-state index in [-0.39, 0.29) is 11.9 Å². The maximum absolute atomic E-state index is 12.3. The Hall–Kier alpha value is -2.08.